The van der Waals surface area contributed by atoms with E-state index in [1.165, 1.54) is 24.5 Å². The Balaban J connectivity index is 1.79. The van der Waals surface area contributed by atoms with Gasteiger partial charge in [0.25, 0.3) is 5.69 Å². The molecule has 1 atom stereocenters. The number of para-hydroxylation sites is 2. The normalized spacial score (nSPS) is 15.7. The number of methoxy groups -OCH3 is 1. The minimum absolute atomic E-state index is 0.109. The van der Waals surface area contributed by atoms with Gasteiger partial charge in [-0.1, -0.05) is 24.3 Å². The molecule has 0 saturated carbocycles. The fraction of sp³-hybridized carbons (Fsp3) is 0.368. The Labute approximate surface area is 147 Å². The Morgan fingerprint density at radius 3 is 2.48 bits per heavy atom. The zero-order valence-corrected chi connectivity index (χ0v) is 14.4. The molecule has 6 nitrogen and oxygen atoms in total. The van der Waals surface area contributed by atoms with Gasteiger partial charge in [0.15, 0.2) is 0 Å². The Morgan fingerprint density at radius 1 is 1.16 bits per heavy atom. The number of rotatable bonds is 7. The largest absolute Gasteiger partial charge is 0.497 e. The van der Waals surface area contributed by atoms with Gasteiger partial charge < -0.3 is 10.1 Å². The molecular formula is C19H23N3O3. The fourth-order valence-electron chi connectivity index (χ4n) is 3.33. The molecule has 1 heterocycles. The van der Waals surface area contributed by atoms with Crippen LogP contribution in [0.1, 0.15) is 24.4 Å². The van der Waals surface area contributed by atoms with Crippen molar-refractivity contribution >= 4 is 11.4 Å². The number of nitro groups is 1. The Bertz CT molecular complexity index is 712. The van der Waals surface area contributed by atoms with Crippen LogP contribution in [-0.2, 0) is 0 Å². The van der Waals surface area contributed by atoms with Crippen molar-refractivity contribution in [2.45, 2.75) is 18.9 Å². The highest BCUT2D eigenvalue weighted by molar-refractivity contribution is 5.61. The summed E-state index contributed by atoms with van der Waals surface area (Å²) in [6.07, 6.45) is 2.39. The number of nitrogens with zero attached hydrogens (tertiary/aromatic N) is 2. The van der Waals surface area contributed by atoms with Crippen molar-refractivity contribution in [1.29, 1.82) is 0 Å². The monoisotopic (exact) mass is 341 g/mol. The number of anilines is 1. The van der Waals surface area contributed by atoms with Gasteiger partial charge in [0.1, 0.15) is 11.4 Å². The third-order valence-corrected chi connectivity index (χ3v) is 4.67. The number of likely N-dealkylation sites (tertiary alicyclic amines) is 1. The summed E-state index contributed by atoms with van der Waals surface area (Å²) in [6.45, 7) is 2.72. The molecular weight excluding hydrogens is 318 g/mol. The fourth-order valence-corrected chi connectivity index (χ4v) is 3.33. The Kier molecular flexibility index (Phi) is 5.50. The van der Waals surface area contributed by atoms with E-state index in [9.17, 15) is 10.1 Å². The third-order valence-electron chi connectivity index (χ3n) is 4.67. The molecule has 3 rings (SSSR count). The van der Waals surface area contributed by atoms with Crippen LogP contribution in [0.2, 0.25) is 0 Å². The summed E-state index contributed by atoms with van der Waals surface area (Å²) in [7, 11) is 1.66. The summed E-state index contributed by atoms with van der Waals surface area (Å²) < 4.78 is 5.24. The first-order valence-corrected chi connectivity index (χ1v) is 8.54. The molecule has 1 unspecified atom stereocenters. The minimum atomic E-state index is -0.347. The minimum Gasteiger partial charge on any atom is -0.497 e. The average molecular weight is 341 g/mol. The molecule has 1 aliphatic rings. The Hall–Kier alpha value is -2.60. The van der Waals surface area contributed by atoms with Gasteiger partial charge in [-0.05, 0) is 49.7 Å². The highest BCUT2D eigenvalue weighted by atomic mass is 16.6. The maximum Gasteiger partial charge on any atom is 0.292 e. The van der Waals surface area contributed by atoms with Gasteiger partial charge in [-0.2, -0.15) is 0 Å². The lowest BCUT2D eigenvalue weighted by Crippen LogP contribution is -2.31. The number of ether oxygens (including phenoxy) is 1. The second-order valence-electron chi connectivity index (χ2n) is 6.19. The van der Waals surface area contributed by atoms with Crippen LogP contribution in [0.25, 0.3) is 0 Å². The molecule has 0 spiro atoms. The van der Waals surface area contributed by atoms with E-state index in [-0.39, 0.29) is 16.7 Å². The van der Waals surface area contributed by atoms with E-state index in [1.807, 2.05) is 18.2 Å². The van der Waals surface area contributed by atoms with Crippen molar-refractivity contribution in [2.24, 2.45) is 0 Å². The molecule has 2 aromatic carbocycles. The molecule has 132 valence electrons. The van der Waals surface area contributed by atoms with Crippen molar-refractivity contribution < 1.29 is 9.66 Å². The van der Waals surface area contributed by atoms with Crippen molar-refractivity contribution in [3.05, 3.63) is 64.2 Å². The molecule has 0 radical (unpaired) electrons. The maximum absolute atomic E-state index is 11.2. The van der Waals surface area contributed by atoms with E-state index in [1.54, 1.807) is 19.2 Å². The summed E-state index contributed by atoms with van der Waals surface area (Å²) in [5.74, 6) is 0.829. The van der Waals surface area contributed by atoms with Crippen molar-refractivity contribution in [3.63, 3.8) is 0 Å². The number of nitro benzene ring substituents is 1. The predicted octanol–water partition coefficient (Wildman–Crippen LogP) is 3.85. The van der Waals surface area contributed by atoms with Crippen LogP contribution in [0.15, 0.2) is 48.5 Å². The summed E-state index contributed by atoms with van der Waals surface area (Å²) in [6, 6.07) is 15.0. The van der Waals surface area contributed by atoms with Crippen LogP contribution >= 0.6 is 0 Å². The van der Waals surface area contributed by atoms with E-state index in [2.05, 4.69) is 22.3 Å². The van der Waals surface area contributed by atoms with Gasteiger partial charge in [0.05, 0.1) is 18.1 Å². The highest BCUT2D eigenvalue weighted by Gasteiger charge is 2.24. The van der Waals surface area contributed by atoms with E-state index in [0.717, 1.165) is 18.8 Å². The van der Waals surface area contributed by atoms with Gasteiger partial charge in [-0.3, -0.25) is 15.0 Å². The summed E-state index contributed by atoms with van der Waals surface area (Å²) >= 11 is 0. The van der Waals surface area contributed by atoms with Crippen molar-refractivity contribution in [2.75, 3.05) is 32.1 Å². The zero-order valence-electron chi connectivity index (χ0n) is 14.4. The molecule has 1 N–H and O–H groups in total. The lowest BCUT2D eigenvalue weighted by atomic mass is 10.0. The molecule has 6 heteroatoms. The average Bonchev–Trinajstić information content (AvgIpc) is 3.17. The van der Waals surface area contributed by atoms with Gasteiger partial charge in [0, 0.05) is 12.6 Å². The predicted molar refractivity (Wildman–Crippen MR) is 98.1 cm³/mol. The number of benzene rings is 2. The van der Waals surface area contributed by atoms with Crippen LogP contribution in [0, 0.1) is 10.1 Å². The molecule has 0 bridgehead atoms. The highest BCUT2D eigenvalue weighted by Crippen LogP contribution is 2.29. The maximum atomic E-state index is 11.2. The first-order chi connectivity index (χ1) is 12.2. The van der Waals surface area contributed by atoms with Crippen LogP contribution in [-0.4, -0.2) is 36.6 Å². The quantitative estimate of drug-likeness (QED) is 0.612. The summed E-state index contributed by atoms with van der Waals surface area (Å²) in [5, 5.41) is 14.5. The van der Waals surface area contributed by atoms with Gasteiger partial charge >= 0.3 is 0 Å². The van der Waals surface area contributed by atoms with Crippen LogP contribution < -0.4 is 10.1 Å². The first kappa shape index (κ1) is 17.2. The van der Waals surface area contributed by atoms with E-state index in [4.69, 9.17) is 4.74 Å². The molecule has 0 aromatic heterocycles. The first-order valence-electron chi connectivity index (χ1n) is 8.54. The SMILES string of the molecule is COc1ccc(C(CNc2ccccc2[N+](=O)[O-])N2CCCC2)cc1. The molecule has 1 fully saturated rings. The lowest BCUT2D eigenvalue weighted by Gasteiger charge is -2.28. The second kappa shape index (κ2) is 7.98. The Morgan fingerprint density at radius 2 is 1.84 bits per heavy atom. The van der Waals surface area contributed by atoms with Crippen molar-refractivity contribution in [1.82, 2.24) is 4.90 Å². The van der Waals surface area contributed by atoms with Crippen LogP contribution in [0.4, 0.5) is 11.4 Å². The number of hydrogen-bond acceptors (Lipinski definition) is 5. The van der Waals surface area contributed by atoms with E-state index < -0.39 is 0 Å². The van der Waals surface area contributed by atoms with Gasteiger partial charge in [-0.15, -0.1) is 0 Å². The molecule has 2 aromatic rings. The summed E-state index contributed by atoms with van der Waals surface area (Å²) in [4.78, 5) is 13.3. The number of nitrogens with one attached hydrogen (secondary N) is 1. The van der Waals surface area contributed by atoms with Crippen molar-refractivity contribution in [3.8, 4) is 5.75 Å². The van der Waals surface area contributed by atoms with Gasteiger partial charge in [-0.25, -0.2) is 0 Å². The van der Waals surface area contributed by atoms with Crippen LogP contribution in [0.5, 0.6) is 5.75 Å². The van der Waals surface area contributed by atoms with Gasteiger partial charge in [0.2, 0.25) is 0 Å². The topological polar surface area (TPSA) is 67.6 Å². The van der Waals surface area contributed by atoms with E-state index in [0.29, 0.717) is 12.2 Å². The zero-order chi connectivity index (χ0) is 17.6. The van der Waals surface area contributed by atoms with Crippen LogP contribution in [0.3, 0.4) is 0 Å². The number of hydrogen-bond donors (Lipinski definition) is 1. The lowest BCUT2D eigenvalue weighted by molar-refractivity contribution is -0.384. The molecule has 0 aliphatic carbocycles. The second-order valence-corrected chi connectivity index (χ2v) is 6.19. The smallest absolute Gasteiger partial charge is 0.292 e. The third kappa shape index (κ3) is 4.09. The molecule has 1 saturated heterocycles. The summed E-state index contributed by atoms with van der Waals surface area (Å²) in [5.41, 5.74) is 1.86. The molecule has 1 aliphatic heterocycles. The molecule has 0 amide bonds. The standard InChI is InChI=1S/C19H23N3O3/c1-25-16-10-8-15(9-11-16)19(21-12-4-5-13-21)14-20-17-6-2-3-7-18(17)22(23)24/h2-3,6-11,19-20H,4-5,12-14H2,1H3. The molecule has 25 heavy (non-hydrogen) atoms. The van der Waals surface area contributed by atoms with E-state index >= 15 is 0 Å².